The van der Waals surface area contributed by atoms with Crippen LogP contribution in [-0.4, -0.2) is 10.9 Å². The van der Waals surface area contributed by atoms with Gasteiger partial charge in [-0.25, -0.2) is 0 Å². The summed E-state index contributed by atoms with van der Waals surface area (Å²) in [6.07, 6.45) is 3.16. The second-order valence-corrected chi connectivity index (χ2v) is 6.30. The highest BCUT2D eigenvalue weighted by Gasteiger charge is 2.10. The number of hydrogen-bond donors (Lipinski definition) is 2. The fourth-order valence-electron chi connectivity index (χ4n) is 2.27. The first kappa shape index (κ1) is 17.3. The van der Waals surface area contributed by atoms with Gasteiger partial charge in [0.05, 0.1) is 17.4 Å². The molecule has 0 spiro atoms. The molecule has 0 bridgehead atoms. The average molecular weight is 372 g/mol. The molecule has 0 atom stereocenters. The van der Waals surface area contributed by atoms with Gasteiger partial charge >= 0.3 is 0 Å². The Morgan fingerprint density at radius 2 is 1.76 bits per heavy atom. The van der Waals surface area contributed by atoms with E-state index in [-0.39, 0.29) is 5.91 Å². The van der Waals surface area contributed by atoms with Crippen molar-refractivity contribution in [2.75, 3.05) is 10.6 Å². The van der Waals surface area contributed by atoms with Gasteiger partial charge in [0, 0.05) is 27.6 Å². The maximum atomic E-state index is 12.5. The SMILES string of the molecule is Cc1c(Cl)cccc1NC(=O)c1cncc(Nc2ccc(Cl)cc2)c1. The number of hydrogen-bond acceptors (Lipinski definition) is 3. The lowest BCUT2D eigenvalue weighted by Crippen LogP contribution is -2.13. The number of pyridine rings is 1. The minimum atomic E-state index is -0.252. The smallest absolute Gasteiger partial charge is 0.257 e. The fraction of sp³-hybridized carbons (Fsp3) is 0.0526. The third kappa shape index (κ3) is 4.29. The fourth-order valence-corrected chi connectivity index (χ4v) is 2.57. The molecule has 3 aromatic rings. The van der Waals surface area contributed by atoms with Gasteiger partial charge in [-0.1, -0.05) is 29.3 Å². The normalized spacial score (nSPS) is 10.4. The number of benzene rings is 2. The van der Waals surface area contributed by atoms with Gasteiger partial charge < -0.3 is 10.6 Å². The van der Waals surface area contributed by atoms with Gasteiger partial charge in [-0.3, -0.25) is 9.78 Å². The van der Waals surface area contributed by atoms with Gasteiger partial charge in [0.1, 0.15) is 0 Å². The van der Waals surface area contributed by atoms with E-state index < -0.39 is 0 Å². The lowest BCUT2D eigenvalue weighted by atomic mass is 10.2. The molecular weight excluding hydrogens is 357 g/mol. The van der Waals surface area contributed by atoms with Gasteiger partial charge in [0.2, 0.25) is 0 Å². The average Bonchev–Trinajstić information content (AvgIpc) is 2.61. The van der Waals surface area contributed by atoms with E-state index in [0.29, 0.717) is 27.0 Å². The Kier molecular flexibility index (Phi) is 5.22. The number of halogens is 2. The van der Waals surface area contributed by atoms with Crippen LogP contribution in [0.3, 0.4) is 0 Å². The summed E-state index contributed by atoms with van der Waals surface area (Å²) in [6, 6.07) is 14.4. The van der Waals surface area contributed by atoms with E-state index in [4.69, 9.17) is 23.2 Å². The second-order valence-electron chi connectivity index (χ2n) is 5.46. The van der Waals surface area contributed by atoms with E-state index in [1.165, 1.54) is 6.20 Å². The molecule has 2 aromatic carbocycles. The number of carbonyl (C=O) groups is 1. The summed E-state index contributed by atoms with van der Waals surface area (Å²) in [5, 5.41) is 7.31. The van der Waals surface area contributed by atoms with E-state index in [1.807, 2.05) is 25.1 Å². The highest BCUT2D eigenvalue weighted by atomic mass is 35.5. The van der Waals surface area contributed by atoms with Crippen LogP contribution in [0.2, 0.25) is 10.0 Å². The van der Waals surface area contributed by atoms with Crippen LogP contribution in [0.15, 0.2) is 60.9 Å². The number of nitrogens with zero attached hydrogens (tertiary/aromatic N) is 1. The zero-order valence-electron chi connectivity index (χ0n) is 13.4. The molecule has 2 N–H and O–H groups in total. The molecule has 3 rings (SSSR count). The summed E-state index contributed by atoms with van der Waals surface area (Å²) in [5.41, 5.74) is 3.50. The summed E-state index contributed by atoms with van der Waals surface area (Å²) in [7, 11) is 0. The van der Waals surface area contributed by atoms with Crippen LogP contribution in [0.25, 0.3) is 0 Å². The molecular formula is C19H15Cl2N3O. The Labute approximate surface area is 155 Å². The monoisotopic (exact) mass is 371 g/mol. The van der Waals surface area contributed by atoms with Crippen molar-refractivity contribution in [3.8, 4) is 0 Å². The molecule has 0 aliphatic heterocycles. The first-order valence-corrected chi connectivity index (χ1v) is 8.32. The lowest BCUT2D eigenvalue weighted by molar-refractivity contribution is 0.102. The van der Waals surface area contributed by atoms with Crippen molar-refractivity contribution < 1.29 is 4.79 Å². The van der Waals surface area contributed by atoms with Crippen molar-refractivity contribution in [3.63, 3.8) is 0 Å². The van der Waals surface area contributed by atoms with Gasteiger partial charge in [-0.15, -0.1) is 0 Å². The van der Waals surface area contributed by atoms with Crippen LogP contribution < -0.4 is 10.6 Å². The van der Waals surface area contributed by atoms with Gasteiger partial charge in [0.15, 0.2) is 0 Å². The number of rotatable bonds is 4. The van der Waals surface area contributed by atoms with Crippen LogP contribution >= 0.6 is 23.2 Å². The van der Waals surface area contributed by atoms with Crippen molar-refractivity contribution in [2.45, 2.75) is 6.92 Å². The molecule has 126 valence electrons. The molecule has 4 nitrogen and oxygen atoms in total. The maximum absolute atomic E-state index is 12.5. The number of anilines is 3. The van der Waals surface area contributed by atoms with Crippen molar-refractivity contribution in [3.05, 3.63) is 82.1 Å². The lowest BCUT2D eigenvalue weighted by Gasteiger charge is -2.11. The Balaban J connectivity index is 1.77. The number of amides is 1. The Morgan fingerprint density at radius 1 is 1.00 bits per heavy atom. The summed E-state index contributed by atoms with van der Waals surface area (Å²) in [4.78, 5) is 16.6. The molecule has 0 fully saturated rings. The Hall–Kier alpha value is -2.56. The van der Waals surface area contributed by atoms with E-state index in [9.17, 15) is 4.79 Å². The largest absolute Gasteiger partial charge is 0.354 e. The molecule has 25 heavy (non-hydrogen) atoms. The van der Waals surface area contributed by atoms with Crippen LogP contribution in [-0.2, 0) is 0 Å². The first-order chi connectivity index (χ1) is 12.0. The third-order valence-electron chi connectivity index (χ3n) is 3.65. The van der Waals surface area contributed by atoms with E-state index in [2.05, 4.69) is 15.6 Å². The molecule has 1 aromatic heterocycles. The molecule has 0 saturated heterocycles. The van der Waals surface area contributed by atoms with Gasteiger partial charge in [-0.05, 0) is 55.0 Å². The Morgan fingerprint density at radius 3 is 2.52 bits per heavy atom. The minimum Gasteiger partial charge on any atom is -0.354 e. The Bertz CT molecular complexity index is 911. The zero-order chi connectivity index (χ0) is 17.8. The molecule has 0 unspecified atom stereocenters. The van der Waals surface area contributed by atoms with E-state index >= 15 is 0 Å². The quantitative estimate of drug-likeness (QED) is 0.618. The highest BCUT2D eigenvalue weighted by molar-refractivity contribution is 6.32. The molecule has 1 amide bonds. The number of carbonyl (C=O) groups excluding carboxylic acids is 1. The highest BCUT2D eigenvalue weighted by Crippen LogP contribution is 2.24. The van der Waals surface area contributed by atoms with Crippen LogP contribution in [0, 0.1) is 6.92 Å². The predicted octanol–water partition coefficient (Wildman–Crippen LogP) is 5.69. The first-order valence-electron chi connectivity index (χ1n) is 7.57. The zero-order valence-corrected chi connectivity index (χ0v) is 14.9. The summed E-state index contributed by atoms with van der Waals surface area (Å²) < 4.78 is 0. The third-order valence-corrected chi connectivity index (χ3v) is 4.31. The van der Waals surface area contributed by atoms with Crippen molar-refractivity contribution >= 4 is 46.2 Å². The van der Waals surface area contributed by atoms with Gasteiger partial charge in [0.25, 0.3) is 5.91 Å². The van der Waals surface area contributed by atoms with Crippen LogP contribution in [0.4, 0.5) is 17.1 Å². The maximum Gasteiger partial charge on any atom is 0.257 e. The molecule has 0 radical (unpaired) electrons. The van der Waals surface area contributed by atoms with Crippen LogP contribution in [0.1, 0.15) is 15.9 Å². The molecule has 0 aliphatic carbocycles. The molecule has 1 heterocycles. The van der Waals surface area contributed by atoms with Crippen molar-refractivity contribution in [2.24, 2.45) is 0 Å². The number of nitrogens with one attached hydrogen (secondary N) is 2. The molecule has 0 saturated carbocycles. The van der Waals surface area contributed by atoms with E-state index in [1.54, 1.807) is 36.5 Å². The standard InChI is InChI=1S/C19H15Cl2N3O/c1-12-17(21)3-2-4-18(12)24-19(25)13-9-16(11-22-10-13)23-15-7-5-14(20)6-8-15/h2-11,23H,1H3,(H,24,25). The minimum absolute atomic E-state index is 0.252. The molecule has 0 aliphatic rings. The van der Waals surface area contributed by atoms with Crippen molar-refractivity contribution in [1.82, 2.24) is 4.98 Å². The van der Waals surface area contributed by atoms with E-state index in [0.717, 1.165) is 11.3 Å². The predicted molar refractivity (Wildman–Crippen MR) is 103 cm³/mol. The summed E-state index contributed by atoms with van der Waals surface area (Å²) >= 11 is 12.0. The second kappa shape index (κ2) is 7.55. The van der Waals surface area contributed by atoms with Gasteiger partial charge in [-0.2, -0.15) is 0 Å². The van der Waals surface area contributed by atoms with Crippen molar-refractivity contribution in [1.29, 1.82) is 0 Å². The topological polar surface area (TPSA) is 54.0 Å². The molecule has 6 heteroatoms. The summed E-state index contributed by atoms with van der Waals surface area (Å²) in [6.45, 7) is 1.86. The van der Waals surface area contributed by atoms with Crippen LogP contribution in [0.5, 0.6) is 0 Å². The summed E-state index contributed by atoms with van der Waals surface area (Å²) in [5.74, 6) is -0.252. The number of aromatic nitrogens is 1.